The number of halogens is 2. The predicted molar refractivity (Wildman–Crippen MR) is 105 cm³/mol. The van der Waals surface area contributed by atoms with Crippen molar-refractivity contribution in [1.29, 1.82) is 0 Å². The van der Waals surface area contributed by atoms with E-state index in [1.54, 1.807) is 25.1 Å². The first kappa shape index (κ1) is 20.7. The summed E-state index contributed by atoms with van der Waals surface area (Å²) in [4.78, 5) is 12.5. The van der Waals surface area contributed by atoms with Crippen molar-refractivity contribution in [3.8, 4) is 0 Å². The Morgan fingerprint density at radius 2 is 1.77 bits per heavy atom. The third-order valence-electron chi connectivity index (χ3n) is 3.79. The third kappa shape index (κ3) is 4.98. The van der Waals surface area contributed by atoms with E-state index in [4.69, 9.17) is 23.2 Å². The van der Waals surface area contributed by atoms with Gasteiger partial charge in [0.25, 0.3) is 0 Å². The van der Waals surface area contributed by atoms with Crippen LogP contribution >= 0.6 is 23.2 Å². The lowest BCUT2D eigenvalue weighted by atomic mass is 10.2. The fourth-order valence-corrected chi connectivity index (χ4v) is 4.17. The molecule has 1 amide bonds. The summed E-state index contributed by atoms with van der Waals surface area (Å²) in [5.74, 6) is -0.429. The predicted octanol–water partition coefficient (Wildman–Crippen LogP) is 4.34. The van der Waals surface area contributed by atoms with Crippen molar-refractivity contribution in [2.45, 2.75) is 25.2 Å². The van der Waals surface area contributed by atoms with Gasteiger partial charge in [-0.25, -0.2) is 8.42 Å². The molecule has 0 radical (unpaired) electrons. The van der Waals surface area contributed by atoms with Gasteiger partial charge in [-0.15, -0.1) is 0 Å². The zero-order valence-electron chi connectivity index (χ0n) is 14.5. The van der Waals surface area contributed by atoms with Gasteiger partial charge in [-0.2, -0.15) is 4.31 Å². The molecule has 0 fully saturated rings. The van der Waals surface area contributed by atoms with Gasteiger partial charge in [0.15, 0.2) is 0 Å². The minimum atomic E-state index is -3.80. The van der Waals surface area contributed by atoms with E-state index < -0.39 is 15.9 Å². The Hall–Kier alpha value is -1.60. The molecule has 0 bridgehead atoms. The Morgan fingerprint density at radius 3 is 2.38 bits per heavy atom. The summed E-state index contributed by atoms with van der Waals surface area (Å²) >= 11 is 11.9. The lowest BCUT2D eigenvalue weighted by molar-refractivity contribution is -0.116. The minimum absolute atomic E-state index is 0.0992. The van der Waals surface area contributed by atoms with E-state index in [-0.39, 0.29) is 18.0 Å². The largest absolute Gasteiger partial charge is 0.325 e. The zero-order valence-corrected chi connectivity index (χ0v) is 16.8. The Labute approximate surface area is 164 Å². The van der Waals surface area contributed by atoms with Crippen molar-refractivity contribution in [2.75, 3.05) is 18.4 Å². The molecule has 5 nitrogen and oxygen atoms in total. The lowest BCUT2D eigenvalue weighted by Crippen LogP contribution is -2.38. The van der Waals surface area contributed by atoms with E-state index in [1.165, 1.54) is 24.3 Å². The molecule has 0 saturated carbocycles. The second-order valence-corrected chi connectivity index (χ2v) is 8.53. The van der Waals surface area contributed by atoms with Crippen LogP contribution in [-0.4, -0.2) is 31.7 Å². The number of benzene rings is 2. The number of rotatable bonds is 7. The van der Waals surface area contributed by atoms with E-state index >= 15 is 0 Å². The quantitative estimate of drug-likeness (QED) is 0.732. The monoisotopic (exact) mass is 414 g/mol. The van der Waals surface area contributed by atoms with Crippen LogP contribution in [0.15, 0.2) is 47.4 Å². The highest BCUT2D eigenvalue weighted by Gasteiger charge is 2.26. The Morgan fingerprint density at radius 1 is 1.12 bits per heavy atom. The molecular formula is C18H20Cl2N2O3S. The second kappa shape index (κ2) is 8.86. The average molecular weight is 415 g/mol. The van der Waals surface area contributed by atoms with Crippen LogP contribution in [-0.2, 0) is 14.8 Å². The van der Waals surface area contributed by atoms with Crippen LogP contribution in [0.25, 0.3) is 0 Å². The van der Waals surface area contributed by atoms with E-state index in [0.29, 0.717) is 22.2 Å². The summed E-state index contributed by atoms with van der Waals surface area (Å²) < 4.78 is 26.8. The van der Waals surface area contributed by atoms with Gasteiger partial charge < -0.3 is 5.32 Å². The molecule has 1 N–H and O–H groups in total. The molecule has 140 valence electrons. The lowest BCUT2D eigenvalue weighted by Gasteiger charge is -2.21. The van der Waals surface area contributed by atoms with Crippen molar-refractivity contribution < 1.29 is 13.2 Å². The maximum atomic E-state index is 12.8. The number of amides is 1. The number of hydrogen-bond donors (Lipinski definition) is 1. The molecule has 0 aromatic heterocycles. The van der Waals surface area contributed by atoms with Crippen LogP contribution in [0.4, 0.5) is 5.69 Å². The first-order chi connectivity index (χ1) is 12.3. The van der Waals surface area contributed by atoms with Crippen molar-refractivity contribution in [3.63, 3.8) is 0 Å². The van der Waals surface area contributed by atoms with Crippen LogP contribution in [0.2, 0.25) is 10.0 Å². The van der Waals surface area contributed by atoms with Gasteiger partial charge >= 0.3 is 0 Å². The first-order valence-electron chi connectivity index (χ1n) is 8.06. The number of sulfonamides is 1. The third-order valence-corrected chi connectivity index (χ3v) is 6.31. The highest BCUT2D eigenvalue weighted by atomic mass is 35.5. The molecule has 8 heteroatoms. The van der Waals surface area contributed by atoms with Gasteiger partial charge in [-0.05, 0) is 55.3 Å². The van der Waals surface area contributed by atoms with Crippen molar-refractivity contribution in [3.05, 3.63) is 58.1 Å². The van der Waals surface area contributed by atoms with Crippen LogP contribution in [0.1, 0.15) is 18.9 Å². The summed E-state index contributed by atoms with van der Waals surface area (Å²) in [5.41, 5.74) is 1.29. The molecule has 26 heavy (non-hydrogen) atoms. The summed E-state index contributed by atoms with van der Waals surface area (Å²) in [5, 5.41) is 3.70. The highest BCUT2D eigenvalue weighted by molar-refractivity contribution is 7.89. The summed E-state index contributed by atoms with van der Waals surface area (Å²) in [7, 11) is -3.80. The number of nitrogens with zero attached hydrogens (tertiary/aromatic N) is 1. The molecule has 0 saturated heterocycles. The van der Waals surface area contributed by atoms with E-state index in [0.717, 1.165) is 9.87 Å². The summed E-state index contributed by atoms with van der Waals surface area (Å²) in [6, 6.07) is 11.0. The smallest absolute Gasteiger partial charge is 0.243 e. The van der Waals surface area contributed by atoms with Crippen molar-refractivity contribution in [1.82, 2.24) is 4.31 Å². The van der Waals surface area contributed by atoms with Crippen LogP contribution in [0.3, 0.4) is 0 Å². The number of carbonyl (C=O) groups is 1. The van der Waals surface area contributed by atoms with E-state index in [1.807, 2.05) is 6.92 Å². The van der Waals surface area contributed by atoms with Gasteiger partial charge in [-0.1, -0.05) is 36.2 Å². The summed E-state index contributed by atoms with van der Waals surface area (Å²) in [6.07, 6.45) is 0.580. The highest BCUT2D eigenvalue weighted by Crippen LogP contribution is 2.23. The van der Waals surface area contributed by atoms with E-state index in [9.17, 15) is 13.2 Å². The van der Waals surface area contributed by atoms with E-state index in [2.05, 4.69) is 5.32 Å². The van der Waals surface area contributed by atoms with Crippen molar-refractivity contribution >= 4 is 44.8 Å². The van der Waals surface area contributed by atoms with Gasteiger partial charge in [0.1, 0.15) is 0 Å². The van der Waals surface area contributed by atoms with Crippen LogP contribution in [0.5, 0.6) is 0 Å². The van der Waals surface area contributed by atoms with Gasteiger partial charge in [0.05, 0.1) is 11.4 Å². The van der Waals surface area contributed by atoms with Crippen LogP contribution < -0.4 is 5.32 Å². The molecule has 0 atom stereocenters. The number of carbonyl (C=O) groups excluding carboxylic acids is 1. The van der Waals surface area contributed by atoms with Gasteiger partial charge in [0, 0.05) is 22.3 Å². The zero-order chi connectivity index (χ0) is 19.3. The Balaban J connectivity index is 2.20. The normalized spacial score (nSPS) is 11.6. The Kier molecular flexibility index (Phi) is 7.06. The topological polar surface area (TPSA) is 66.5 Å². The molecule has 2 aromatic rings. The number of hydrogen-bond acceptors (Lipinski definition) is 3. The summed E-state index contributed by atoms with van der Waals surface area (Å²) in [6.45, 7) is 3.58. The molecule has 0 heterocycles. The van der Waals surface area contributed by atoms with Crippen LogP contribution in [0, 0.1) is 6.92 Å². The number of nitrogens with one attached hydrogen (secondary N) is 1. The van der Waals surface area contributed by atoms with Gasteiger partial charge in [-0.3, -0.25) is 4.79 Å². The molecule has 0 aliphatic carbocycles. The molecule has 0 aliphatic rings. The fraction of sp³-hybridized carbons (Fsp3) is 0.278. The fourth-order valence-electron chi connectivity index (χ4n) is 2.38. The first-order valence-corrected chi connectivity index (χ1v) is 10.3. The molecule has 0 spiro atoms. The molecule has 2 rings (SSSR count). The maximum Gasteiger partial charge on any atom is 0.243 e. The molecule has 2 aromatic carbocycles. The average Bonchev–Trinajstić information content (AvgIpc) is 2.59. The second-order valence-electron chi connectivity index (χ2n) is 5.75. The van der Waals surface area contributed by atoms with Gasteiger partial charge in [0.2, 0.25) is 15.9 Å². The molecular weight excluding hydrogens is 395 g/mol. The Bertz CT molecular complexity index is 884. The molecule has 0 unspecified atom stereocenters. The standard InChI is InChI=1S/C18H20Cl2N2O3S/c1-3-11-22(26(24,25)15-9-7-14(19)8-10-15)12-18(23)21-17-6-4-5-16(20)13(17)2/h4-10H,3,11-12H2,1-2H3,(H,21,23). The number of anilines is 1. The molecule has 0 aliphatic heterocycles. The van der Waals surface area contributed by atoms with Crippen molar-refractivity contribution in [2.24, 2.45) is 0 Å². The minimum Gasteiger partial charge on any atom is -0.325 e. The SMILES string of the molecule is CCCN(CC(=O)Nc1cccc(Cl)c1C)S(=O)(=O)c1ccc(Cl)cc1. The maximum absolute atomic E-state index is 12.8.